The van der Waals surface area contributed by atoms with Crippen molar-refractivity contribution in [2.24, 2.45) is 0 Å². The van der Waals surface area contributed by atoms with Crippen LogP contribution >= 0.6 is 0 Å². The highest BCUT2D eigenvalue weighted by Gasteiger charge is 2.42. The third-order valence-corrected chi connectivity index (χ3v) is 12.7. The lowest BCUT2D eigenvalue weighted by Gasteiger charge is -2.36. The van der Waals surface area contributed by atoms with E-state index >= 15 is 0 Å². The van der Waals surface area contributed by atoms with Crippen LogP contribution in [-0.2, 0) is 6.42 Å². The maximum Gasteiger partial charge on any atom is 0.179 e. The van der Waals surface area contributed by atoms with Gasteiger partial charge in [0.25, 0.3) is 0 Å². The van der Waals surface area contributed by atoms with Crippen LogP contribution in [-0.4, -0.2) is 8.07 Å². The van der Waals surface area contributed by atoms with Crippen molar-refractivity contribution in [1.82, 2.24) is 0 Å². The van der Waals surface area contributed by atoms with Gasteiger partial charge in [-0.05, 0) is 82.2 Å². The molecule has 0 saturated carbocycles. The summed E-state index contributed by atoms with van der Waals surface area (Å²) in [5, 5.41) is 5.69. The van der Waals surface area contributed by atoms with Crippen molar-refractivity contribution in [3.8, 4) is 11.1 Å². The smallest absolute Gasteiger partial charge is 0.0917 e. The fourth-order valence-electron chi connectivity index (χ4n) is 5.90. The molecule has 0 unspecified atom stereocenters. The van der Waals surface area contributed by atoms with Gasteiger partial charge in [-0.3, -0.25) is 0 Å². The second-order valence-corrected chi connectivity index (χ2v) is 13.9. The molecule has 0 amide bonds. The Balaban J connectivity index is 1.80. The Hall–Kier alpha value is -3.94. The monoisotopic (exact) mass is 508 g/mol. The van der Waals surface area contributed by atoms with Gasteiger partial charge in [-0.15, -0.1) is 0 Å². The highest BCUT2D eigenvalue weighted by molar-refractivity contribution is 7.20. The molecule has 0 aliphatic heterocycles. The molecular formula is C37H36Si. The largest absolute Gasteiger partial charge is 0.179 e. The zero-order valence-corrected chi connectivity index (χ0v) is 23.7. The summed E-state index contributed by atoms with van der Waals surface area (Å²) in [7, 11) is -2.57. The van der Waals surface area contributed by atoms with Gasteiger partial charge in [-0.25, -0.2) is 0 Å². The molecule has 5 rings (SSSR count). The number of allylic oxidation sites excluding steroid dienone is 2. The number of rotatable bonds is 8. The summed E-state index contributed by atoms with van der Waals surface area (Å²) in [5.74, 6) is 0. The molecule has 0 N–H and O–H groups in total. The minimum absolute atomic E-state index is 1.06. The average molecular weight is 509 g/mol. The van der Waals surface area contributed by atoms with E-state index in [9.17, 15) is 0 Å². The standard InChI is InChI=1S/C37H36Si/c1-4-5-9-17-31-27-26-29(2)36(28-31)35-24-16-25-37(30(35)3)38(32-18-10-6-11-19-32,33-20-12-7-13-21-33)34-22-14-8-15-23-34/h4-8,10-16,18-28H,9,17H2,1-3H3. The van der Waals surface area contributed by atoms with E-state index in [1.54, 1.807) is 0 Å². The summed E-state index contributed by atoms with van der Waals surface area (Å²) < 4.78 is 0. The molecule has 0 heterocycles. The van der Waals surface area contributed by atoms with Crippen LogP contribution in [0.3, 0.4) is 0 Å². The maximum absolute atomic E-state index is 2.57. The predicted molar refractivity (Wildman–Crippen MR) is 168 cm³/mol. The molecule has 0 radical (unpaired) electrons. The van der Waals surface area contributed by atoms with E-state index in [0.717, 1.165) is 12.8 Å². The van der Waals surface area contributed by atoms with E-state index < -0.39 is 8.07 Å². The van der Waals surface area contributed by atoms with Gasteiger partial charge in [0.05, 0.1) is 0 Å². The van der Waals surface area contributed by atoms with Crippen LogP contribution in [0, 0.1) is 13.8 Å². The molecule has 0 saturated heterocycles. The highest BCUT2D eigenvalue weighted by atomic mass is 28.3. The van der Waals surface area contributed by atoms with Gasteiger partial charge in [-0.1, -0.05) is 140 Å². The van der Waals surface area contributed by atoms with E-state index in [-0.39, 0.29) is 0 Å². The molecule has 1 heteroatoms. The van der Waals surface area contributed by atoms with Crippen molar-refractivity contribution in [2.75, 3.05) is 0 Å². The molecule has 0 fully saturated rings. The fourth-order valence-corrected chi connectivity index (χ4v) is 10.9. The molecule has 0 nitrogen and oxygen atoms in total. The van der Waals surface area contributed by atoms with E-state index in [2.05, 4.69) is 160 Å². The Kier molecular flexibility index (Phi) is 7.86. The normalized spacial score (nSPS) is 11.7. The van der Waals surface area contributed by atoms with Crippen molar-refractivity contribution in [3.05, 3.63) is 156 Å². The molecule has 0 bridgehead atoms. The zero-order valence-electron chi connectivity index (χ0n) is 22.7. The van der Waals surface area contributed by atoms with Gasteiger partial charge in [0.2, 0.25) is 0 Å². The molecule has 0 atom stereocenters. The van der Waals surface area contributed by atoms with Crippen molar-refractivity contribution in [2.45, 2.75) is 33.6 Å². The summed E-state index contributed by atoms with van der Waals surface area (Å²) in [5.41, 5.74) is 6.79. The minimum atomic E-state index is -2.57. The first-order chi connectivity index (χ1) is 18.7. The van der Waals surface area contributed by atoms with Gasteiger partial charge in [0.15, 0.2) is 8.07 Å². The third-order valence-electron chi connectivity index (χ3n) is 7.79. The summed E-state index contributed by atoms with van der Waals surface area (Å²) in [4.78, 5) is 0. The van der Waals surface area contributed by atoms with Gasteiger partial charge in [-0.2, -0.15) is 0 Å². The van der Waals surface area contributed by atoms with E-state index in [1.165, 1.54) is 48.6 Å². The van der Waals surface area contributed by atoms with Gasteiger partial charge in [0, 0.05) is 0 Å². The zero-order chi connectivity index (χ0) is 26.4. The van der Waals surface area contributed by atoms with Crippen molar-refractivity contribution in [3.63, 3.8) is 0 Å². The van der Waals surface area contributed by atoms with E-state index in [0.29, 0.717) is 0 Å². The first-order valence-corrected chi connectivity index (χ1v) is 15.6. The second kappa shape index (κ2) is 11.6. The Morgan fingerprint density at radius 3 is 1.66 bits per heavy atom. The Labute approximate surface area is 229 Å². The van der Waals surface area contributed by atoms with E-state index in [1.807, 2.05) is 0 Å². The summed E-state index contributed by atoms with van der Waals surface area (Å²) in [6.07, 6.45) is 6.53. The summed E-state index contributed by atoms with van der Waals surface area (Å²) in [6, 6.07) is 47.6. The number of aryl methyl sites for hydroxylation is 2. The highest BCUT2D eigenvalue weighted by Crippen LogP contribution is 2.28. The third kappa shape index (κ3) is 4.82. The van der Waals surface area contributed by atoms with Crippen LogP contribution in [0.15, 0.2) is 140 Å². The Morgan fingerprint density at radius 2 is 1.13 bits per heavy atom. The van der Waals surface area contributed by atoms with Gasteiger partial charge >= 0.3 is 0 Å². The lowest BCUT2D eigenvalue weighted by Crippen LogP contribution is -2.75. The van der Waals surface area contributed by atoms with Crippen LogP contribution in [0.5, 0.6) is 0 Å². The molecule has 0 spiro atoms. The lowest BCUT2D eigenvalue weighted by molar-refractivity contribution is 0.998. The topological polar surface area (TPSA) is 0 Å². The Bertz CT molecular complexity index is 1420. The van der Waals surface area contributed by atoms with Crippen LogP contribution < -0.4 is 20.7 Å². The molecule has 5 aromatic carbocycles. The van der Waals surface area contributed by atoms with Crippen LogP contribution in [0.25, 0.3) is 11.1 Å². The Morgan fingerprint density at radius 1 is 0.579 bits per heavy atom. The van der Waals surface area contributed by atoms with Crippen LogP contribution in [0.1, 0.15) is 30.0 Å². The second-order valence-electron chi connectivity index (χ2n) is 10.1. The molecule has 0 aromatic heterocycles. The quantitative estimate of drug-likeness (QED) is 0.122. The number of benzene rings is 5. The summed E-state index contributed by atoms with van der Waals surface area (Å²) >= 11 is 0. The average Bonchev–Trinajstić information content (AvgIpc) is 2.97. The minimum Gasteiger partial charge on any atom is -0.0917 e. The van der Waals surface area contributed by atoms with Crippen molar-refractivity contribution >= 4 is 28.8 Å². The fraction of sp³-hybridized carbons (Fsp3) is 0.135. The molecule has 0 aliphatic carbocycles. The molecule has 188 valence electrons. The maximum atomic E-state index is 2.42. The number of hydrogen-bond acceptors (Lipinski definition) is 0. The van der Waals surface area contributed by atoms with Gasteiger partial charge < -0.3 is 0 Å². The van der Waals surface area contributed by atoms with Crippen molar-refractivity contribution < 1.29 is 0 Å². The molecule has 38 heavy (non-hydrogen) atoms. The summed E-state index contributed by atoms with van der Waals surface area (Å²) in [6.45, 7) is 6.68. The van der Waals surface area contributed by atoms with E-state index in [4.69, 9.17) is 0 Å². The molecular weight excluding hydrogens is 472 g/mol. The molecule has 0 aliphatic rings. The number of hydrogen-bond donors (Lipinski definition) is 0. The van der Waals surface area contributed by atoms with Gasteiger partial charge in [0.1, 0.15) is 0 Å². The lowest BCUT2D eigenvalue weighted by atomic mass is 9.94. The van der Waals surface area contributed by atoms with Crippen molar-refractivity contribution in [1.29, 1.82) is 0 Å². The predicted octanol–water partition coefficient (Wildman–Crippen LogP) is 6.86. The SMILES string of the molecule is CC=CCCc1ccc(C)c(-c2cccc([Si](c3ccccc3)(c3ccccc3)c3ccccc3)c2C)c1. The molecule has 5 aromatic rings. The van der Waals surface area contributed by atoms with Crippen LogP contribution in [0.4, 0.5) is 0 Å². The first-order valence-electron chi connectivity index (χ1n) is 13.6. The first kappa shape index (κ1) is 25.7. The van der Waals surface area contributed by atoms with Crippen LogP contribution in [0.2, 0.25) is 0 Å².